The van der Waals surface area contributed by atoms with Crippen molar-refractivity contribution >= 4 is 22.1 Å². The van der Waals surface area contributed by atoms with Crippen molar-refractivity contribution < 1.29 is 31.5 Å². The van der Waals surface area contributed by atoms with E-state index in [-0.39, 0.29) is 29.3 Å². The van der Waals surface area contributed by atoms with Gasteiger partial charge in [-0.05, 0) is 48.0 Å². The quantitative estimate of drug-likeness (QED) is 0.526. The maximum atomic E-state index is 12.7. The molecule has 0 atom stereocenters. The second kappa shape index (κ2) is 9.74. The zero-order valence-corrected chi connectivity index (χ0v) is 16.5. The third-order valence-corrected chi connectivity index (χ3v) is 6.08. The van der Waals surface area contributed by atoms with Crippen LogP contribution in [0.5, 0.6) is 5.75 Å². The highest BCUT2D eigenvalue weighted by Gasteiger charge is 2.26. The Kier molecular flexibility index (Phi) is 7.08. The molecule has 2 aromatic carbocycles. The number of hydrogen-bond acceptors (Lipinski definition) is 6. The van der Waals surface area contributed by atoms with Gasteiger partial charge in [0.05, 0.1) is 24.3 Å². The number of carbonyl (C=O) groups is 1. The molecule has 1 saturated heterocycles. The van der Waals surface area contributed by atoms with Gasteiger partial charge in [-0.3, -0.25) is 4.79 Å². The monoisotopic (exact) mass is 439 g/mol. The molecule has 160 valence electrons. The van der Waals surface area contributed by atoms with E-state index in [2.05, 4.69) is 15.3 Å². The second-order valence-electron chi connectivity index (χ2n) is 6.19. The molecule has 1 aliphatic heterocycles. The number of hydrazone groups is 1. The van der Waals surface area contributed by atoms with E-state index in [0.717, 1.165) is 0 Å². The van der Waals surface area contributed by atoms with E-state index in [9.17, 15) is 22.0 Å². The lowest BCUT2D eigenvalue weighted by Gasteiger charge is -2.26. The predicted molar refractivity (Wildman–Crippen MR) is 104 cm³/mol. The molecule has 11 heteroatoms. The number of rotatable bonds is 7. The number of nitrogens with zero attached hydrogens (tertiary/aromatic N) is 2. The number of carbonyl (C=O) groups excluding carboxylic acids is 1. The maximum Gasteiger partial charge on any atom is 0.387 e. The molecule has 0 spiro atoms. The minimum atomic E-state index is -3.72. The minimum absolute atomic E-state index is 0.00415. The van der Waals surface area contributed by atoms with Crippen molar-refractivity contribution in [1.82, 2.24) is 9.73 Å². The fourth-order valence-corrected chi connectivity index (χ4v) is 4.15. The van der Waals surface area contributed by atoms with Crippen molar-refractivity contribution in [2.75, 3.05) is 26.3 Å². The van der Waals surface area contributed by atoms with E-state index in [1.165, 1.54) is 59.1 Å². The third-order valence-electron chi connectivity index (χ3n) is 4.19. The zero-order chi connectivity index (χ0) is 21.6. The molecule has 1 fully saturated rings. The van der Waals surface area contributed by atoms with Crippen LogP contribution in [0.2, 0.25) is 0 Å². The van der Waals surface area contributed by atoms with E-state index >= 15 is 0 Å². The molecule has 0 radical (unpaired) electrons. The Hall–Kier alpha value is -2.89. The number of alkyl halides is 2. The summed E-state index contributed by atoms with van der Waals surface area (Å²) in [5.41, 5.74) is 2.97. The van der Waals surface area contributed by atoms with Gasteiger partial charge in [0.15, 0.2) is 0 Å². The Morgan fingerprint density at radius 1 is 1.17 bits per heavy atom. The Morgan fingerprint density at radius 2 is 1.87 bits per heavy atom. The van der Waals surface area contributed by atoms with Gasteiger partial charge >= 0.3 is 6.61 Å². The van der Waals surface area contributed by atoms with E-state index in [1.54, 1.807) is 0 Å². The van der Waals surface area contributed by atoms with Gasteiger partial charge in [-0.15, -0.1) is 0 Å². The predicted octanol–water partition coefficient (Wildman–Crippen LogP) is 2.07. The van der Waals surface area contributed by atoms with Crippen LogP contribution in [-0.2, 0) is 14.8 Å². The van der Waals surface area contributed by atoms with Gasteiger partial charge in [0.1, 0.15) is 5.75 Å². The molecular formula is C19H19F2N3O5S. The molecule has 8 nitrogen and oxygen atoms in total. The highest BCUT2D eigenvalue weighted by atomic mass is 32.2. The molecule has 0 aliphatic carbocycles. The summed E-state index contributed by atoms with van der Waals surface area (Å²) in [6.07, 6.45) is 1.32. The molecule has 1 N–H and O–H groups in total. The summed E-state index contributed by atoms with van der Waals surface area (Å²) in [5, 5.41) is 3.80. The lowest BCUT2D eigenvalue weighted by molar-refractivity contribution is -0.0498. The summed E-state index contributed by atoms with van der Waals surface area (Å²) in [6.45, 7) is -1.76. The molecule has 1 heterocycles. The lowest BCUT2D eigenvalue weighted by atomic mass is 10.2. The van der Waals surface area contributed by atoms with Crippen molar-refractivity contribution in [2.24, 2.45) is 5.10 Å². The van der Waals surface area contributed by atoms with E-state index in [4.69, 9.17) is 4.74 Å². The SMILES string of the molecule is O=C(N/N=C\c1ccc(OC(F)F)cc1)c1cccc(S(=O)(=O)N2CCOCC2)c1. The van der Waals surface area contributed by atoms with Gasteiger partial charge in [-0.2, -0.15) is 18.2 Å². The van der Waals surface area contributed by atoms with Gasteiger partial charge in [0.2, 0.25) is 10.0 Å². The van der Waals surface area contributed by atoms with Gasteiger partial charge in [0, 0.05) is 18.7 Å². The summed E-state index contributed by atoms with van der Waals surface area (Å²) in [5.74, 6) is -0.590. The molecule has 0 aromatic heterocycles. The summed E-state index contributed by atoms with van der Waals surface area (Å²) < 4.78 is 60.4. The first-order chi connectivity index (χ1) is 14.4. The van der Waals surface area contributed by atoms with Crippen LogP contribution in [0.25, 0.3) is 0 Å². The molecular weight excluding hydrogens is 420 g/mol. The topological polar surface area (TPSA) is 97.3 Å². The first-order valence-corrected chi connectivity index (χ1v) is 10.4. The average Bonchev–Trinajstić information content (AvgIpc) is 2.75. The van der Waals surface area contributed by atoms with Crippen LogP contribution >= 0.6 is 0 Å². The molecule has 0 bridgehead atoms. The summed E-state index contributed by atoms with van der Waals surface area (Å²) in [4.78, 5) is 12.3. The van der Waals surface area contributed by atoms with E-state index < -0.39 is 22.5 Å². The number of nitrogens with one attached hydrogen (secondary N) is 1. The number of amides is 1. The van der Waals surface area contributed by atoms with Crippen LogP contribution in [-0.4, -0.2) is 57.8 Å². The smallest absolute Gasteiger partial charge is 0.387 e. The number of benzene rings is 2. The molecule has 0 unspecified atom stereocenters. The minimum Gasteiger partial charge on any atom is -0.435 e. The van der Waals surface area contributed by atoms with Gasteiger partial charge in [0.25, 0.3) is 5.91 Å². The van der Waals surface area contributed by atoms with Gasteiger partial charge in [-0.1, -0.05) is 6.07 Å². The Bertz CT molecular complexity index is 1010. The standard InChI is InChI=1S/C19H19F2N3O5S/c20-19(21)29-16-6-4-14(5-7-16)13-22-23-18(25)15-2-1-3-17(12-15)30(26,27)24-8-10-28-11-9-24/h1-7,12-13,19H,8-11H2,(H,23,25)/b22-13-. The van der Waals surface area contributed by atoms with Gasteiger partial charge in [-0.25, -0.2) is 13.8 Å². The van der Waals surface area contributed by atoms with Crippen LogP contribution < -0.4 is 10.2 Å². The first-order valence-electron chi connectivity index (χ1n) is 8.92. The van der Waals surface area contributed by atoms with Crippen molar-refractivity contribution in [1.29, 1.82) is 0 Å². The fraction of sp³-hybridized carbons (Fsp3) is 0.263. The number of sulfonamides is 1. The summed E-state index contributed by atoms with van der Waals surface area (Å²) >= 11 is 0. The molecule has 1 amide bonds. The lowest BCUT2D eigenvalue weighted by Crippen LogP contribution is -2.40. The molecule has 0 saturated carbocycles. The van der Waals surface area contributed by atoms with Crippen LogP contribution in [0.3, 0.4) is 0 Å². The third kappa shape index (κ3) is 5.59. The largest absolute Gasteiger partial charge is 0.435 e. The number of halogens is 2. The van der Waals surface area contributed by atoms with Crippen molar-refractivity contribution in [2.45, 2.75) is 11.5 Å². The maximum absolute atomic E-state index is 12.7. The van der Waals surface area contributed by atoms with Crippen molar-refractivity contribution in [3.05, 3.63) is 59.7 Å². The van der Waals surface area contributed by atoms with Crippen LogP contribution in [0.4, 0.5) is 8.78 Å². The second-order valence-corrected chi connectivity index (χ2v) is 8.13. The summed E-state index contributed by atoms with van der Waals surface area (Å²) in [6, 6.07) is 11.3. The van der Waals surface area contributed by atoms with Crippen LogP contribution in [0, 0.1) is 0 Å². The summed E-state index contributed by atoms with van der Waals surface area (Å²) in [7, 11) is -3.72. The average molecular weight is 439 g/mol. The van der Waals surface area contributed by atoms with Crippen molar-refractivity contribution in [3.63, 3.8) is 0 Å². The van der Waals surface area contributed by atoms with E-state index in [0.29, 0.717) is 18.8 Å². The molecule has 30 heavy (non-hydrogen) atoms. The Labute approximate surface area is 172 Å². The van der Waals surface area contributed by atoms with E-state index in [1.807, 2.05) is 0 Å². The number of hydrogen-bond donors (Lipinski definition) is 1. The fourth-order valence-electron chi connectivity index (χ4n) is 2.70. The normalized spacial score (nSPS) is 15.4. The first kappa shape index (κ1) is 21.8. The number of morpholine rings is 1. The van der Waals surface area contributed by atoms with Gasteiger partial charge < -0.3 is 9.47 Å². The molecule has 2 aromatic rings. The highest BCUT2D eigenvalue weighted by molar-refractivity contribution is 7.89. The number of ether oxygens (including phenoxy) is 2. The Balaban J connectivity index is 1.64. The van der Waals surface area contributed by atoms with Crippen LogP contribution in [0.15, 0.2) is 58.5 Å². The van der Waals surface area contributed by atoms with Crippen molar-refractivity contribution in [3.8, 4) is 5.75 Å². The Morgan fingerprint density at radius 3 is 2.53 bits per heavy atom. The molecule has 1 aliphatic rings. The molecule has 3 rings (SSSR count). The zero-order valence-electron chi connectivity index (χ0n) is 15.7. The highest BCUT2D eigenvalue weighted by Crippen LogP contribution is 2.18. The van der Waals surface area contributed by atoms with Crippen LogP contribution in [0.1, 0.15) is 15.9 Å².